The van der Waals surface area contributed by atoms with Gasteiger partial charge in [-0.2, -0.15) is 0 Å². The molecule has 8 heteroatoms. The Hall–Kier alpha value is -4.66. The van der Waals surface area contributed by atoms with Crippen LogP contribution in [0.5, 0.6) is 0 Å². The number of rotatable bonds is 8. The fourth-order valence-corrected chi connectivity index (χ4v) is 5.97. The van der Waals surface area contributed by atoms with E-state index in [2.05, 4.69) is 10.2 Å². The summed E-state index contributed by atoms with van der Waals surface area (Å²) in [6.07, 6.45) is -1.68. The quantitative estimate of drug-likeness (QED) is 0.227. The number of urea groups is 1. The Morgan fingerprint density at radius 2 is 1.05 bits per heavy atom. The molecule has 1 aliphatic heterocycles. The Morgan fingerprint density at radius 3 is 1.57 bits per heavy atom. The van der Waals surface area contributed by atoms with Crippen LogP contribution >= 0.6 is 0 Å². The van der Waals surface area contributed by atoms with E-state index in [-0.39, 0.29) is 24.7 Å². The van der Waals surface area contributed by atoms with Crippen LogP contribution in [-0.2, 0) is 25.9 Å². The van der Waals surface area contributed by atoms with Crippen molar-refractivity contribution in [3.8, 4) is 0 Å². The second-order valence-electron chi connectivity index (χ2n) is 11.0. The number of aromatic nitrogens is 2. The maximum absolute atomic E-state index is 14.7. The molecule has 0 bridgehead atoms. The Morgan fingerprint density at radius 1 is 0.571 bits per heavy atom. The lowest BCUT2D eigenvalue weighted by Gasteiger charge is -2.36. The molecular formula is C34H34N4O4. The van der Waals surface area contributed by atoms with Crippen LogP contribution in [0.1, 0.15) is 22.3 Å². The van der Waals surface area contributed by atoms with Gasteiger partial charge in [0, 0.05) is 13.1 Å². The normalized spacial score (nSPS) is 21.0. The zero-order valence-electron chi connectivity index (χ0n) is 23.1. The Balaban J connectivity index is 1.44. The minimum Gasteiger partial charge on any atom is -0.388 e. The first-order valence-electron chi connectivity index (χ1n) is 14.2. The Labute approximate surface area is 243 Å². The predicted molar refractivity (Wildman–Crippen MR) is 162 cm³/mol. The zero-order valence-corrected chi connectivity index (χ0v) is 23.1. The molecule has 6 rings (SSSR count). The number of hydrogen-bond acceptors (Lipinski definition) is 4. The van der Waals surface area contributed by atoms with E-state index >= 15 is 0 Å². The van der Waals surface area contributed by atoms with Crippen LogP contribution in [-0.4, -0.2) is 60.5 Å². The Kier molecular flexibility index (Phi) is 7.90. The molecule has 214 valence electrons. The summed E-state index contributed by atoms with van der Waals surface area (Å²) in [5.74, 6) is 0. The molecule has 1 aromatic heterocycles. The summed E-state index contributed by atoms with van der Waals surface area (Å²) in [6.45, 7) is 0.427. The molecule has 0 saturated carbocycles. The minimum absolute atomic E-state index is 0.157. The molecule has 1 aliphatic rings. The van der Waals surface area contributed by atoms with Crippen molar-refractivity contribution in [2.24, 2.45) is 0 Å². The maximum Gasteiger partial charge on any atom is 0.321 e. The van der Waals surface area contributed by atoms with Gasteiger partial charge in [0.05, 0.1) is 23.0 Å². The molecule has 0 unspecified atom stereocenters. The van der Waals surface area contributed by atoms with Crippen LogP contribution < -0.4 is 5.56 Å². The van der Waals surface area contributed by atoms with E-state index < -0.39 is 24.3 Å². The second kappa shape index (κ2) is 12.1. The van der Waals surface area contributed by atoms with Crippen LogP contribution in [0.15, 0.2) is 114 Å². The molecule has 1 fully saturated rings. The monoisotopic (exact) mass is 562 g/mol. The fraction of sp³-hybridized carbons (Fsp3) is 0.235. The SMILES string of the molecule is O=C1N(Cc2ccccc2)[C@H](Cc2ccccc2)[C@H](O)[C@@H](O)[C@@H](Cc2ccccc2)N1Cc1ccc2[nH][nH]c(=O)c2c1. The van der Waals surface area contributed by atoms with Gasteiger partial charge in [0.15, 0.2) is 0 Å². The van der Waals surface area contributed by atoms with E-state index in [1.165, 1.54) is 0 Å². The van der Waals surface area contributed by atoms with Crippen molar-refractivity contribution in [1.82, 2.24) is 20.0 Å². The third-order valence-electron chi connectivity index (χ3n) is 8.19. The van der Waals surface area contributed by atoms with Crippen molar-refractivity contribution in [2.45, 2.75) is 50.2 Å². The summed E-state index contributed by atoms with van der Waals surface area (Å²) >= 11 is 0. The topological polar surface area (TPSA) is 113 Å². The highest BCUT2D eigenvalue weighted by molar-refractivity contribution is 5.79. The van der Waals surface area contributed by atoms with E-state index in [9.17, 15) is 19.8 Å². The maximum atomic E-state index is 14.7. The van der Waals surface area contributed by atoms with Gasteiger partial charge < -0.3 is 20.0 Å². The number of amides is 2. The summed E-state index contributed by atoms with van der Waals surface area (Å²) in [4.78, 5) is 30.4. The molecule has 5 aromatic rings. The van der Waals surface area contributed by atoms with Crippen molar-refractivity contribution >= 4 is 16.9 Å². The highest BCUT2D eigenvalue weighted by Crippen LogP contribution is 2.30. The molecule has 4 atom stereocenters. The molecule has 1 saturated heterocycles. The molecule has 4 N–H and O–H groups in total. The van der Waals surface area contributed by atoms with Gasteiger partial charge in [0.25, 0.3) is 5.56 Å². The molecule has 42 heavy (non-hydrogen) atoms. The van der Waals surface area contributed by atoms with Crippen LogP contribution in [0.25, 0.3) is 10.9 Å². The summed E-state index contributed by atoms with van der Waals surface area (Å²) in [5, 5.41) is 29.6. The number of aliphatic hydroxyl groups excluding tert-OH is 2. The van der Waals surface area contributed by atoms with Crippen LogP contribution in [0.4, 0.5) is 4.79 Å². The van der Waals surface area contributed by atoms with Crippen molar-refractivity contribution in [3.05, 3.63) is 142 Å². The molecule has 0 spiro atoms. The zero-order chi connectivity index (χ0) is 29.1. The number of carbonyl (C=O) groups is 1. The molecule has 2 heterocycles. The first-order chi connectivity index (χ1) is 20.5. The number of fused-ring (bicyclic) bond motifs is 1. The van der Waals surface area contributed by atoms with Gasteiger partial charge in [-0.25, -0.2) is 4.79 Å². The van der Waals surface area contributed by atoms with Crippen molar-refractivity contribution in [3.63, 3.8) is 0 Å². The number of benzene rings is 4. The van der Waals surface area contributed by atoms with Gasteiger partial charge in [-0.3, -0.25) is 15.0 Å². The molecule has 0 aliphatic carbocycles. The number of nitrogens with one attached hydrogen (secondary N) is 2. The summed E-state index contributed by atoms with van der Waals surface area (Å²) in [7, 11) is 0. The number of hydrogen-bond donors (Lipinski definition) is 4. The highest BCUT2D eigenvalue weighted by atomic mass is 16.3. The van der Waals surface area contributed by atoms with E-state index in [0.717, 1.165) is 22.3 Å². The first kappa shape index (κ1) is 27.5. The van der Waals surface area contributed by atoms with Gasteiger partial charge in [-0.1, -0.05) is 97.1 Å². The summed E-state index contributed by atoms with van der Waals surface area (Å²) < 4.78 is 0. The number of aliphatic hydroxyl groups is 2. The van der Waals surface area contributed by atoms with Gasteiger partial charge in [-0.05, 0) is 47.2 Å². The van der Waals surface area contributed by atoms with Crippen LogP contribution in [0.3, 0.4) is 0 Å². The van der Waals surface area contributed by atoms with Crippen molar-refractivity contribution in [1.29, 1.82) is 0 Å². The van der Waals surface area contributed by atoms with Gasteiger partial charge >= 0.3 is 6.03 Å². The molecule has 2 amide bonds. The predicted octanol–water partition coefficient (Wildman–Crippen LogP) is 4.24. The lowest BCUT2D eigenvalue weighted by Crippen LogP contribution is -2.50. The fourth-order valence-electron chi connectivity index (χ4n) is 5.97. The summed E-state index contributed by atoms with van der Waals surface area (Å²) in [5.41, 5.74) is 4.02. The Bertz CT molecular complexity index is 1690. The first-order valence-corrected chi connectivity index (χ1v) is 14.2. The number of aromatic amines is 2. The lowest BCUT2D eigenvalue weighted by molar-refractivity contribution is -0.0408. The standard InChI is InChI=1S/C34H34N4O4/c39-31-29(19-23-10-4-1-5-11-23)37(21-25-14-8-3-9-15-25)34(42)38(30(32(31)40)20-24-12-6-2-7-13-24)22-26-16-17-28-27(18-26)33(41)36-35-28/h1-18,29-32,39-40H,19-22H2,(H2,35,36,41)/t29-,30-,31+,32+/m1/s1. The van der Waals surface area contributed by atoms with E-state index in [0.29, 0.717) is 23.7 Å². The molecule has 4 aromatic carbocycles. The van der Waals surface area contributed by atoms with Crippen LogP contribution in [0, 0.1) is 0 Å². The van der Waals surface area contributed by atoms with Crippen LogP contribution in [0.2, 0.25) is 0 Å². The van der Waals surface area contributed by atoms with E-state index in [4.69, 9.17) is 0 Å². The average Bonchev–Trinajstić information content (AvgIpc) is 3.38. The molecule has 0 radical (unpaired) electrons. The third-order valence-corrected chi connectivity index (χ3v) is 8.19. The number of H-pyrrole nitrogens is 2. The minimum atomic E-state index is -1.22. The molecular weight excluding hydrogens is 528 g/mol. The summed E-state index contributed by atoms with van der Waals surface area (Å²) in [6, 6.07) is 32.9. The number of nitrogens with zero attached hydrogens (tertiary/aromatic N) is 2. The second-order valence-corrected chi connectivity index (χ2v) is 11.0. The smallest absolute Gasteiger partial charge is 0.321 e. The van der Waals surface area contributed by atoms with E-state index in [1.54, 1.807) is 15.9 Å². The van der Waals surface area contributed by atoms with Gasteiger partial charge in [0.2, 0.25) is 0 Å². The molecule has 8 nitrogen and oxygen atoms in total. The highest BCUT2D eigenvalue weighted by Gasteiger charge is 2.46. The average molecular weight is 563 g/mol. The number of carbonyl (C=O) groups excluding carboxylic acids is 1. The van der Waals surface area contributed by atoms with Crippen molar-refractivity contribution in [2.75, 3.05) is 0 Å². The van der Waals surface area contributed by atoms with Gasteiger partial charge in [0.1, 0.15) is 12.2 Å². The third kappa shape index (κ3) is 5.72. The van der Waals surface area contributed by atoms with Crippen molar-refractivity contribution < 1.29 is 15.0 Å². The lowest BCUT2D eigenvalue weighted by atomic mass is 9.91. The largest absolute Gasteiger partial charge is 0.388 e. The van der Waals surface area contributed by atoms with Gasteiger partial charge in [-0.15, -0.1) is 0 Å². The van der Waals surface area contributed by atoms with E-state index in [1.807, 2.05) is 103 Å².